The average molecular weight is 559 g/mol. The summed E-state index contributed by atoms with van der Waals surface area (Å²) >= 11 is 6.35. The Labute approximate surface area is 237 Å². The van der Waals surface area contributed by atoms with E-state index in [0.717, 1.165) is 24.0 Å². The molecule has 0 aliphatic carbocycles. The van der Waals surface area contributed by atoms with Gasteiger partial charge in [-0.05, 0) is 49.6 Å². The van der Waals surface area contributed by atoms with Gasteiger partial charge in [-0.15, -0.1) is 0 Å². The lowest BCUT2D eigenvalue weighted by Crippen LogP contribution is -2.45. The van der Waals surface area contributed by atoms with Crippen LogP contribution in [0.4, 0.5) is 0 Å². The first-order valence-corrected chi connectivity index (χ1v) is 13.7. The van der Waals surface area contributed by atoms with Crippen LogP contribution in [0.2, 0.25) is 5.02 Å². The second kappa shape index (κ2) is 12.5. The van der Waals surface area contributed by atoms with E-state index in [1.54, 1.807) is 41.3 Å². The molecule has 2 amide bonds. The Morgan fingerprint density at radius 1 is 0.975 bits per heavy atom. The molecule has 0 saturated carbocycles. The van der Waals surface area contributed by atoms with Crippen LogP contribution in [0, 0.1) is 6.92 Å². The van der Waals surface area contributed by atoms with Gasteiger partial charge in [0.1, 0.15) is 12.1 Å². The van der Waals surface area contributed by atoms with Crippen LogP contribution in [-0.4, -0.2) is 47.4 Å². The molecule has 1 aliphatic heterocycles. The van der Waals surface area contributed by atoms with Crippen molar-refractivity contribution in [1.82, 2.24) is 9.80 Å². The Balaban J connectivity index is 1.45. The van der Waals surface area contributed by atoms with E-state index in [1.807, 2.05) is 43.3 Å². The molecular weight excluding hydrogens is 528 g/mol. The monoisotopic (exact) mass is 558 g/mol. The summed E-state index contributed by atoms with van der Waals surface area (Å²) in [6.07, 6.45) is 2.98. The van der Waals surface area contributed by atoms with E-state index in [1.165, 1.54) is 11.2 Å². The van der Waals surface area contributed by atoms with Crippen molar-refractivity contribution in [2.24, 2.45) is 0 Å². The van der Waals surface area contributed by atoms with Gasteiger partial charge in [0.25, 0.3) is 5.91 Å². The minimum atomic E-state index is -0.338. The van der Waals surface area contributed by atoms with E-state index < -0.39 is 0 Å². The second-order valence-corrected chi connectivity index (χ2v) is 10.5. The van der Waals surface area contributed by atoms with Crippen molar-refractivity contribution in [3.63, 3.8) is 0 Å². The van der Waals surface area contributed by atoms with Crippen LogP contribution in [0.25, 0.3) is 11.0 Å². The predicted octanol–water partition coefficient (Wildman–Crippen LogP) is 5.61. The average Bonchev–Trinajstić information content (AvgIpc) is 3.47. The number of carbonyl (C=O) groups excluding carboxylic acids is 2. The molecule has 40 heavy (non-hydrogen) atoms. The summed E-state index contributed by atoms with van der Waals surface area (Å²) < 4.78 is 11.5. The van der Waals surface area contributed by atoms with Gasteiger partial charge in [0, 0.05) is 19.7 Å². The first-order chi connectivity index (χ1) is 19.4. The zero-order chi connectivity index (χ0) is 28.1. The standard InChI is InChI=1S/C32H31ClN2O5/c1-22-13-14-29-27(16-22)31(37)24(21-40-29)18-34(17-23-8-3-2-4-9-23)30(36)20-35(19-25-10-7-15-39-25)32(38)26-11-5-6-12-28(26)33/h2-6,8-9,11-14,16,21,25H,7,10,15,17-20H2,1H3. The van der Waals surface area contributed by atoms with Gasteiger partial charge in [0.15, 0.2) is 5.43 Å². The molecule has 7 nitrogen and oxygen atoms in total. The molecule has 2 heterocycles. The Hall–Kier alpha value is -3.94. The van der Waals surface area contributed by atoms with Crippen LogP contribution in [0.3, 0.4) is 0 Å². The molecule has 0 bridgehead atoms. The molecule has 1 unspecified atom stereocenters. The highest BCUT2D eigenvalue weighted by molar-refractivity contribution is 6.33. The molecular formula is C32H31ClN2O5. The van der Waals surface area contributed by atoms with E-state index in [4.69, 9.17) is 20.8 Å². The molecule has 0 radical (unpaired) electrons. The number of halogens is 1. The minimum absolute atomic E-state index is 0.0357. The lowest BCUT2D eigenvalue weighted by atomic mass is 10.1. The summed E-state index contributed by atoms with van der Waals surface area (Å²) in [6, 6.07) is 21.8. The van der Waals surface area contributed by atoms with Gasteiger partial charge < -0.3 is 19.0 Å². The molecule has 4 aromatic rings. The van der Waals surface area contributed by atoms with Crippen molar-refractivity contribution in [3.05, 3.63) is 117 Å². The normalized spacial score (nSPS) is 14.8. The van der Waals surface area contributed by atoms with Gasteiger partial charge in [0.2, 0.25) is 5.91 Å². The van der Waals surface area contributed by atoms with E-state index in [-0.39, 0.29) is 49.5 Å². The molecule has 1 fully saturated rings. The smallest absolute Gasteiger partial charge is 0.255 e. The fraction of sp³-hybridized carbons (Fsp3) is 0.281. The third kappa shape index (κ3) is 6.43. The molecule has 1 aromatic heterocycles. The maximum Gasteiger partial charge on any atom is 0.255 e. The Kier molecular flexibility index (Phi) is 8.63. The Morgan fingerprint density at radius 3 is 2.50 bits per heavy atom. The van der Waals surface area contributed by atoms with Crippen molar-refractivity contribution >= 4 is 34.4 Å². The number of carbonyl (C=O) groups is 2. The number of benzene rings is 3. The molecule has 3 aromatic carbocycles. The van der Waals surface area contributed by atoms with E-state index in [9.17, 15) is 14.4 Å². The molecule has 1 saturated heterocycles. The largest absolute Gasteiger partial charge is 0.464 e. The van der Waals surface area contributed by atoms with Gasteiger partial charge in [-0.3, -0.25) is 14.4 Å². The third-order valence-electron chi connectivity index (χ3n) is 7.10. The highest BCUT2D eigenvalue weighted by Crippen LogP contribution is 2.21. The van der Waals surface area contributed by atoms with Gasteiger partial charge in [-0.1, -0.05) is 65.7 Å². The number of hydrogen-bond acceptors (Lipinski definition) is 5. The summed E-state index contributed by atoms with van der Waals surface area (Å²) in [5, 5.41) is 0.793. The molecule has 8 heteroatoms. The maximum absolute atomic E-state index is 13.9. The van der Waals surface area contributed by atoms with Crippen molar-refractivity contribution in [3.8, 4) is 0 Å². The second-order valence-electron chi connectivity index (χ2n) is 10.1. The number of hydrogen-bond donors (Lipinski definition) is 0. The molecule has 5 rings (SSSR count). The van der Waals surface area contributed by atoms with Crippen molar-refractivity contribution in [2.45, 2.75) is 39.0 Å². The van der Waals surface area contributed by atoms with Crippen molar-refractivity contribution < 1.29 is 18.7 Å². The fourth-order valence-corrected chi connectivity index (χ4v) is 5.17. The summed E-state index contributed by atoms with van der Waals surface area (Å²) in [4.78, 5) is 44.0. The quantitative estimate of drug-likeness (QED) is 0.267. The summed E-state index contributed by atoms with van der Waals surface area (Å²) in [5.74, 6) is -0.638. The molecule has 0 spiro atoms. The zero-order valence-electron chi connectivity index (χ0n) is 22.3. The number of ether oxygens (including phenoxy) is 1. The summed E-state index contributed by atoms with van der Waals surface area (Å²) in [7, 11) is 0. The third-order valence-corrected chi connectivity index (χ3v) is 7.42. The van der Waals surface area contributed by atoms with Crippen LogP contribution in [-0.2, 0) is 22.6 Å². The number of amides is 2. The first-order valence-electron chi connectivity index (χ1n) is 13.4. The topological polar surface area (TPSA) is 80.1 Å². The maximum atomic E-state index is 13.9. The molecule has 1 atom stereocenters. The van der Waals surface area contributed by atoms with Crippen LogP contribution >= 0.6 is 11.6 Å². The highest BCUT2D eigenvalue weighted by atomic mass is 35.5. The number of rotatable bonds is 9. The zero-order valence-corrected chi connectivity index (χ0v) is 23.1. The fourth-order valence-electron chi connectivity index (χ4n) is 4.96. The minimum Gasteiger partial charge on any atom is -0.464 e. The van der Waals surface area contributed by atoms with Gasteiger partial charge >= 0.3 is 0 Å². The first kappa shape index (κ1) is 27.6. The summed E-state index contributed by atoms with van der Waals surface area (Å²) in [5.41, 5.74) is 2.85. The van der Waals surface area contributed by atoms with E-state index >= 15 is 0 Å². The van der Waals surface area contributed by atoms with Crippen LogP contribution in [0.15, 0.2) is 88.3 Å². The number of nitrogens with zero attached hydrogens (tertiary/aromatic N) is 2. The number of aryl methyl sites for hydroxylation is 1. The van der Waals surface area contributed by atoms with Gasteiger partial charge in [0.05, 0.1) is 40.4 Å². The van der Waals surface area contributed by atoms with Gasteiger partial charge in [-0.25, -0.2) is 0 Å². The molecule has 0 N–H and O–H groups in total. The van der Waals surface area contributed by atoms with Gasteiger partial charge in [-0.2, -0.15) is 0 Å². The molecule has 206 valence electrons. The Morgan fingerprint density at radius 2 is 1.75 bits per heavy atom. The van der Waals surface area contributed by atoms with Crippen molar-refractivity contribution in [2.75, 3.05) is 19.7 Å². The van der Waals surface area contributed by atoms with Crippen LogP contribution in [0.5, 0.6) is 0 Å². The lowest BCUT2D eigenvalue weighted by molar-refractivity contribution is -0.133. The van der Waals surface area contributed by atoms with Crippen LogP contribution < -0.4 is 5.43 Å². The highest BCUT2D eigenvalue weighted by Gasteiger charge is 2.28. The summed E-state index contributed by atoms with van der Waals surface area (Å²) in [6.45, 7) is 2.92. The van der Waals surface area contributed by atoms with E-state index in [2.05, 4.69) is 0 Å². The molecule has 1 aliphatic rings. The van der Waals surface area contributed by atoms with Crippen molar-refractivity contribution in [1.29, 1.82) is 0 Å². The number of fused-ring (bicyclic) bond motifs is 1. The van der Waals surface area contributed by atoms with E-state index in [0.29, 0.717) is 33.7 Å². The predicted molar refractivity (Wildman–Crippen MR) is 154 cm³/mol. The lowest BCUT2D eigenvalue weighted by Gasteiger charge is -2.29. The SMILES string of the molecule is Cc1ccc2occ(CN(Cc3ccccc3)C(=O)CN(CC3CCCO3)C(=O)c3ccccc3Cl)c(=O)c2c1. The Bertz CT molecular complexity index is 1560. The van der Waals surface area contributed by atoms with Crippen LogP contribution in [0.1, 0.15) is 39.9 Å².